The van der Waals surface area contributed by atoms with Crippen molar-refractivity contribution in [2.24, 2.45) is 5.92 Å². The van der Waals surface area contributed by atoms with E-state index in [1.165, 1.54) is 0 Å². The first kappa shape index (κ1) is 7.15. The number of hydrogen-bond donors (Lipinski definition) is 0. The van der Waals surface area contributed by atoms with E-state index in [9.17, 15) is 4.79 Å². The second kappa shape index (κ2) is 3.19. The van der Waals surface area contributed by atoms with Gasteiger partial charge in [0.15, 0.2) is 0 Å². The van der Waals surface area contributed by atoms with Crippen LogP contribution in [0.3, 0.4) is 0 Å². The molecule has 0 aliphatic heterocycles. The van der Waals surface area contributed by atoms with Crippen LogP contribution in [0.25, 0.3) is 0 Å². The van der Waals surface area contributed by atoms with Gasteiger partial charge < -0.3 is 0 Å². The van der Waals surface area contributed by atoms with Gasteiger partial charge in [-0.15, -0.1) is 0 Å². The molecule has 0 N–H and O–H groups in total. The van der Waals surface area contributed by atoms with E-state index in [1.807, 2.05) is 20.1 Å². The molecule has 0 aromatic carbocycles. The molecule has 1 nitrogen and oxygen atoms in total. The highest BCUT2D eigenvalue weighted by atomic mass is 79.9. The van der Waals surface area contributed by atoms with E-state index in [1.54, 1.807) is 0 Å². The molecule has 41 valence electrons. The number of halogens is 1. The summed E-state index contributed by atoms with van der Waals surface area (Å²) in [5.74, 6) is 0.0139. The Morgan fingerprint density at radius 2 is 2.00 bits per heavy atom. The van der Waals surface area contributed by atoms with E-state index >= 15 is 0 Å². The molecule has 2 unspecified atom stereocenters. The summed E-state index contributed by atoms with van der Waals surface area (Å²) < 4.78 is 0. The minimum absolute atomic E-state index is 0.0139. The summed E-state index contributed by atoms with van der Waals surface area (Å²) in [6.07, 6.45) is 1.87. The van der Waals surface area contributed by atoms with Crippen molar-refractivity contribution < 1.29 is 4.79 Å². The van der Waals surface area contributed by atoms with Crippen LogP contribution in [0, 0.1) is 5.92 Å². The van der Waals surface area contributed by atoms with Crippen molar-refractivity contribution in [1.29, 1.82) is 0 Å². The second-order valence-corrected chi connectivity index (χ2v) is 3.03. The Morgan fingerprint density at radius 3 is 2.00 bits per heavy atom. The summed E-state index contributed by atoms with van der Waals surface area (Å²) in [4.78, 5) is 10.0. The topological polar surface area (TPSA) is 17.1 Å². The number of rotatable bonds is 2. The molecule has 0 fully saturated rings. The average molecular weight is 164 g/mol. The zero-order valence-corrected chi connectivity index (χ0v) is 6.03. The van der Waals surface area contributed by atoms with Crippen LogP contribution in [0.15, 0.2) is 0 Å². The third kappa shape index (κ3) is 2.80. The fourth-order valence-corrected chi connectivity index (χ4v) is 0.202. The monoisotopic (exact) mass is 163 g/mol. The van der Waals surface area contributed by atoms with Crippen molar-refractivity contribution in [2.75, 3.05) is 0 Å². The molecule has 2 atom stereocenters. The lowest BCUT2D eigenvalue weighted by Crippen LogP contribution is -2.06. The molecule has 7 heavy (non-hydrogen) atoms. The van der Waals surface area contributed by atoms with Crippen LogP contribution in [0.1, 0.15) is 13.8 Å². The molecule has 0 aliphatic rings. The molecule has 0 aromatic heterocycles. The van der Waals surface area contributed by atoms with Crippen LogP contribution < -0.4 is 0 Å². The van der Waals surface area contributed by atoms with E-state index in [-0.39, 0.29) is 10.7 Å². The Kier molecular flexibility index (Phi) is 3.26. The van der Waals surface area contributed by atoms with Gasteiger partial charge in [0.05, 0.1) is 0 Å². The summed E-state index contributed by atoms with van der Waals surface area (Å²) in [5, 5.41) is 0. The van der Waals surface area contributed by atoms with Crippen molar-refractivity contribution in [2.45, 2.75) is 18.7 Å². The SMILES string of the molecule is CC(Br)C(C)[C]=O. The summed E-state index contributed by atoms with van der Waals surface area (Å²) >= 11 is 3.24. The van der Waals surface area contributed by atoms with Crippen molar-refractivity contribution >= 4 is 22.2 Å². The average Bonchev–Trinajstić information content (AvgIpc) is 1.65. The van der Waals surface area contributed by atoms with Crippen molar-refractivity contribution in [1.82, 2.24) is 0 Å². The van der Waals surface area contributed by atoms with Gasteiger partial charge in [-0.1, -0.05) is 29.8 Å². The quantitative estimate of drug-likeness (QED) is 0.565. The number of hydrogen-bond acceptors (Lipinski definition) is 1. The first-order valence-electron chi connectivity index (χ1n) is 2.20. The summed E-state index contributed by atoms with van der Waals surface area (Å²) in [5.41, 5.74) is 0. The van der Waals surface area contributed by atoms with Crippen molar-refractivity contribution in [3.05, 3.63) is 0 Å². The normalized spacial score (nSPS) is 18.1. The maximum Gasteiger partial charge on any atom is 0.202 e. The largest absolute Gasteiger partial charge is 0.291 e. The minimum Gasteiger partial charge on any atom is -0.291 e. The van der Waals surface area contributed by atoms with E-state index in [0.717, 1.165) is 0 Å². The molecule has 0 amide bonds. The Bertz CT molecular complexity index is 61.1. The van der Waals surface area contributed by atoms with E-state index in [0.29, 0.717) is 0 Å². The van der Waals surface area contributed by atoms with Crippen LogP contribution in [-0.4, -0.2) is 11.1 Å². The highest BCUT2D eigenvalue weighted by Gasteiger charge is 2.05. The molecule has 0 aliphatic carbocycles. The van der Waals surface area contributed by atoms with Crippen molar-refractivity contribution in [3.8, 4) is 0 Å². The van der Waals surface area contributed by atoms with Gasteiger partial charge in [-0.3, -0.25) is 4.79 Å². The van der Waals surface area contributed by atoms with Gasteiger partial charge in [0.2, 0.25) is 6.29 Å². The third-order valence-electron chi connectivity index (χ3n) is 0.875. The molecule has 0 saturated heterocycles. The van der Waals surface area contributed by atoms with Gasteiger partial charge in [-0.25, -0.2) is 0 Å². The van der Waals surface area contributed by atoms with Crippen LogP contribution in [-0.2, 0) is 4.79 Å². The molecular weight excluding hydrogens is 156 g/mol. The molecule has 2 heteroatoms. The lowest BCUT2D eigenvalue weighted by molar-refractivity contribution is 0.529. The van der Waals surface area contributed by atoms with Crippen LogP contribution in [0.5, 0.6) is 0 Å². The standard InChI is InChI=1S/C5H8BrO/c1-4(3-7)5(2)6/h4-5H,1-2H3. The fourth-order valence-electron chi connectivity index (χ4n) is 0.0938. The molecule has 0 rings (SSSR count). The highest BCUT2D eigenvalue weighted by molar-refractivity contribution is 9.09. The van der Waals surface area contributed by atoms with E-state index in [4.69, 9.17) is 0 Å². The Hall–Kier alpha value is 0.150. The molecule has 0 heterocycles. The highest BCUT2D eigenvalue weighted by Crippen LogP contribution is 2.07. The number of alkyl halides is 1. The zero-order chi connectivity index (χ0) is 5.86. The third-order valence-corrected chi connectivity index (χ3v) is 1.67. The van der Waals surface area contributed by atoms with E-state index < -0.39 is 0 Å². The Balaban J connectivity index is 3.33. The molecule has 0 aromatic rings. The second-order valence-electron chi connectivity index (χ2n) is 1.58. The fraction of sp³-hybridized carbons (Fsp3) is 0.800. The first-order valence-corrected chi connectivity index (χ1v) is 3.11. The van der Waals surface area contributed by atoms with Crippen LogP contribution in [0.2, 0.25) is 0 Å². The Labute approximate surface area is 52.2 Å². The van der Waals surface area contributed by atoms with Crippen LogP contribution in [0.4, 0.5) is 0 Å². The molecule has 0 bridgehead atoms. The van der Waals surface area contributed by atoms with Gasteiger partial charge in [0.1, 0.15) is 0 Å². The smallest absolute Gasteiger partial charge is 0.202 e. The minimum atomic E-state index is 0.0139. The lowest BCUT2D eigenvalue weighted by atomic mass is 10.1. The van der Waals surface area contributed by atoms with Gasteiger partial charge in [-0.2, -0.15) is 0 Å². The van der Waals surface area contributed by atoms with Crippen LogP contribution >= 0.6 is 15.9 Å². The van der Waals surface area contributed by atoms with Gasteiger partial charge in [-0.05, 0) is 0 Å². The van der Waals surface area contributed by atoms with Gasteiger partial charge in [0.25, 0.3) is 0 Å². The van der Waals surface area contributed by atoms with Crippen molar-refractivity contribution in [3.63, 3.8) is 0 Å². The zero-order valence-electron chi connectivity index (χ0n) is 4.44. The first-order chi connectivity index (χ1) is 3.18. The predicted octanol–water partition coefficient (Wildman–Crippen LogP) is 1.52. The van der Waals surface area contributed by atoms with Gasteiger partial charge in [0, 0.05) is 10.7 Å². The Morgan fingerprint density at radius 1 is 1.57 bits per heavy atom. The summed E-state index contributed by atoms with van der Waals surface area (Å²) in [6.45, 7) is 3.75. The van der Waals surface area contributed by atoms with Gasteiger partial charge >= 0.3 is 0 Å². The maximum absolute atomic E-state index is 9.79. The lowest BCUT2D eigenvalue weighted by Gasteiger charge is -2.00. The number of carbonyl (C=O) groups excluding carboxylic acids is 1. The summed E-state index contributed by atoms with van der Waals surface area (Å²) in [6, 6.07) is 0. The van der Waals surface area contributed by atoms with E-state index in [2.05, 4.69) is 15.9 Å². The molecular formula is C5H8BrO. The molecule has 0 saturated carbocycles. The summed E-state index contributed by atoms with van der Waals surface area (Å²) in [7, 11) is 0. The molecule has 1 radical (unpaired) electrons. The maximum atomic E-state index is 9.79. The predicted molar refractivity (Wildman–Crippen MR) is 33.2 cm³/mol. The molecule has 0 spiro atoms.